The van der Waals surface area contributed by atoms with Crippen molar-refractivity contribution in [1.82, 2.24) is 0 Å². The maximum Gasteiger partial charge on any atom is 0.148 e. The Morgan fingerprint density at radius 2 is 0.412 bits per heavy atom. The van der Waals surface area contributed by atoms with Gasteiger partial charge in [-0.25, -0.2) is 16.8 Å². The number of benzene rings is 4. The van der Waals surface area contributed by atoms with Crippen LogP contribution in [0.2, 0.25) is 0 Å². The second-order valence-electron chi connectivity index (χ2n) is 18.9. The van der Waals surface area contributed by atoms with Gasteiger partial charge in [-0.15, -0.1) is 0 Å². The van der Waals surface area contributed by atoms with E-state index in [-0.39, 0.29) is 39.2 Å². The first-order valence-corrected chi connectivity index (χ1v) is 30.7. The smallest absolute Gasteiger partial charge is 0.148 e. The second kappa shape index (κ2) is 29.1. The van der Waals surface area contributed by atoms with Gasteiger partial charge in [0, 0.05) is 0 Å². The highest BCUT2D eigenvalue weighted by molar-refractivity contribution is 7.87. The van der Waals surface area contributed by atoms with Crippen LogP contribution in [0, 0.1) is 0 Å². The van der Waals surface area contributed by atoms with Crippen molar-refractivity contribution in [2.45, 2.75) is 247 Å². The molecule has 4 aromatic rings. The molecule has 0 amide bonds. The summed E-state index contributed by atoms with van der Waals surface area (Å²) in [6.45, 7) is 8.69. The molecule has 0 fully saturated rings. The Kier molecular flexibility index (Phi) is 23.8. The van der Waals surface area contributed by atoms with Crippen LogP contribution in [0.1, 0.15) is 204 Å². The first kappa shape index (κ1) is 55.6. The van der Waals surface area contributed by atoms with Crippen LogP contribution < -0.4 is 0 Å². The summed E-state index contributed by atoms with van der Waals surface area (Å²) in [6, 6.07) is 13.2. The van der Waals surface area contributed by atoms with Crippen molar-refractivity contribution in [3.05, 3.63) is 70.8 Å². The molecule has 8 bridgehead atoms. The molecule has 8 nitrogen and oxygen atoms in total. The summed E-state index contributed by atoms with van der Waals surface area (Å²) < 4.78 is 60.6. The summed E-state index contributed by atoms with van der Waals surface area (Å²) in [5, 5.41) is 48.7. The van der Waals surface area contributed by atoms with E-state index < -0.39 is 66.2 Å². The van der Waals surface area contributed by atoms with Crippen LogP contribution >= 0.6 is 0 Å². The predicted octanol–water partition coefficient (Wildman–Crippen LogP) is 15.1. The van der Waals surface area contributed by atoms with Crippen molar-refractivity contribution >= 4 is 43.2 Å². The summed E-state index contributed by atoms with van der Waals surface area (Å²) >= 11 is 0. The zero-order valence-corrected chi connectivity index (χ0v) is 44.7. The SMILES string of the molecule is CCCCCCCCc1cc2c(O)c(c1)S(=O)c1cc(CCCCCCCC)cc(c1O)S(=O)c1cc(CCCCCCCC)cc(c1O)S(=O)c1cc(CCCCCCCC)cc(c1O)S2=O. The molecule has 1 aliphatic heterocycles. The Morgan fingerprint density at radius 1 is 0.265 bits per heavy atom. The summed E-state index contributed by atoms with van der Waals surface area (Å²) in [7, 11) is -9.03. The molecule has 0 aromatic heterocycles. The Bertz CT molecular complexity index is 1920. The Hall–Kier alpha value is -3.32. The Balaban J connectivity index is 1.74. The molecule has 0 spiro atoms. The van der Waals surface area contributed by atoms with E-state index in [1.807, 2.05) is 0 Å². The molecule has 68 heavy (non-hydrogen) atoms. The minimum Gasteiger partial charge on any atom is -0.505 e. The number of rotatable bonds is 28. The zero-order valence-electron chi connectivity index (χ0n) is 41.5. The standard InChI is InChI=1S/C56H80O8S4/c1-5-9-13-17-21-25-29-41-33-45-53(57)46(34-41)66(62)48-36-43(31-27-23-19-15-11-7-3)38-50(55(48)59)68(64)52-40-44(32-28-24-20-16-12-8-4)39-51(56(52)60)67(63)49-37-42(30-26-22-18-14-10-6-2)35-47(54(49)58)65(45)61/h33-40,57-60H,5-32H2,1-4H3. The second-order valence-corrected chi connectivity index (χ2v) is 24.6. The molecule has 0 unspecified atom stereocenters. The number of unbranched alkanes of at least 4 members (excludes halogenated alkanes) is 20. The molecule has 0 saturated heterocycles. The molecule has 5 rings (SSSR count). The van der Waals surface area contributed by atoms with Gasteiger partial charge < -0.3 is 20.4 Å². The minimum absolute atomic E-state index is 0.0507. The fourth-order valence-corrected chi connectivity index (χ4v) is 14.7. The van der Waals surface area contributed by atoms with Gasteiger partial charge in [0.2, 0.25) is 0 Å². The third kappa shape index (κ3) is 15.3. The van der Waals surface area contributed by atoms with Gasteiger partial charge in [0.05, 0.1) is 82.4 Å². The fourth-order valence-electron chi connectivity index (χ4n) is 9.17. The van der Waals surface area contributed by atoms with Gasteiger partial charge in [-0.3, -0.25) is 0 Å². The molecule has 4 aromatic carbocycles. The van der Waals surface area contributed by atoms with Gasteiger partial charge in [0.1, 0.15) is 23.0 Å². The van der Waals surface area contributed by atoms with Gasteiger partial charge in [-0.1, -0.05) is 156 Å². The van der Waals surface area contributed by atoms with Crippen LogP contribution in [0.4, 0.5) is 0 Å². The molecule has 376 valence electrons. The third-order valence-corrected chi connectivity index (χ3v) is 19.0. The van der Waals surface area contributed by atoms with Crippen molar-refractivity contribution in [2.24, 2.45) is 0 Å². The molecule has 1 heterocycles. The number of aryl methyl sites for hydroxylation is 4. The highest BCUT2D eigenvalue weighted by Crippen LogP contribution is 2.45. The summed E-state index contributed by atoms with van der Waals surface area (Å²) in [5.74, 6) is -1.96. The maximum absolute atomic E-state index is 15.1. The van der Waals surface area contributed by atoms with E-state index in [9.17, 15) is 20.4 Å². The quantitative estimate of drug-likeness (QED) is 0.0362. The van der Waals surface area contributed by atoms with Gasteiger partial charge in [-0.05, 0) is 122 Å². The first-order chi connectivity index (χ1) is 32.9. The van der Waals surface area contributed by atoms with Gasteiger partial charge >= 0.3 is 0 Å². The monoisotopic (exact) mass is 1010 g/mol. The molecule has 12 heteroatoms. The lowest BCUT2D eigenvalue weighted by Gasteiger charge is -2.19. The lowest BCUT2D eigenvalue weighted by atomic mass is 10.0. The average molecular weight is 1010 g/mol. The van der Waals surface area contributed by atoms with Gasteiger partial charge in [-0.2, -0.15) is 0 Å². The summed E-state index contributed by atoms with van der Waals surface area (Å²) in [5.41, 5.74) is 2.79. The van der Waals surface area contributed by atoms with Crippen LogP contribution in [0.5, 0.6) is 23.0 Å². The number of aromatic hydroxyl groups is 4. The fraction of sp³-hybridized carbons (Fsp3) is 0.571. The van der Waals surface area contributed by atoms with E-state index in [2.05, 4.69) is 27.7 Å². The van der Waals surface area contributed by atoms with Crippen LogP contribution in [-0.2, 0) is 68.9 Å². The molecule has 4 N–H and O–H groups in total. The van der Waals surface area contributed by atoms with E-state index in [1.54, 1.807) is 48.5 Å². The minimum atomic E-state index is -2.26. The predicted molar refractivity (Wildman–Crippen MR) is 279 cm³/mol. The number of hydrogen-bond acceptors (Lipinski definition) is 8. The van der Waals surface area contributed by atoms with E-state index in [0.717, 1.165) is 154 Å². The summed E-state index contributed by atoms with van der Waals surface area (Å²) in [6.07, 6.45) is 27.1. The number of fused-ring (bicyclic) bond motifs is 8. The van der Waals surface area contributed by atoms with Crippen molar-refractivity contribution < 1.29 is 37.3 Å². The number of phenols is 4. The maximum atomic E-state index is 15.1. The molecule has 0 saturated carbocycles. The van der Waals surface area contributed by atoms with Crippen molar-refractivity contribution in [1.29, 1.82) is 0 Å². The van der Waals surface area contributed by atoms with Crippen LogP contribution in [0.25, 0.3) is 0 Å². The lowest BCUT2D eigenvalue weighted by molar-refractivity contribution is 0.439. The molecule has 0 aliphatic carbocycles. The van der Waals surface area contributed by atoms with Crippen LogP contribution in [-0.4, -0.2) is 37.3 Å². The lowest BCUT2D eigenvalue weighted by Crippen LogP contribution is -2.07. The highest BCUT2D eigenvalue weighted by Gasteiger charge is 2.31. The van der Waals surface area contributed by atoms with Gasteiger partial charge in [0.15, 0.2) is 0 Å². The highest BCUT2D eigenvalue weighted by atomic mass is 32.2. The molecule has 0 radical (unpaired) electrons. The average Bonchev–Trinajstić information content (AvgIpc) is 3.33. The largest absolute Gasteiger partial charge is 0.505 e. The summed E-state index contributed by atoms with van der Waals surface area (Å²) in [4.78, 5) is -0.405. The third-order valence-electron chi connectivity index (χ3n) is 13.3. The first-order valence-electron chi connectivity index (χ1n) is 26.1. The molecule has 1 aliphatic rings. The van der Waals surface area contributed by atoms with Gasteiger partial charge in [0.25, 0.3) is 0 Å². The van der Waals surface area contributed by atoms with E-state index in [4.69, 9.17) is 0 Å². The van der Waals surface area contributed by atoms with E-state index >= 15 is 16.8 Å². The normalized spacial score (nSPS) is 16.9. The molecule has 0 atom stereocenters. The Morgan fingerprint density at radius 3 is 0.574 bits per heavy atom. The number of phenolic OH excluding ortho intramolecular Hbond substituents is 4. The molecular weight excluding hydrogens is 929 g/mol. The van der Waals surface area contributed by atoms with Crippen molar-refractivity contribution in [3.63, 3.8) is 0 Å². The van der Waals surface area contributed by atoms with Crippen LogP contribution in [0.15, 0.2) is 87.7 Å². The van der Waals surface area contributed by atoms with E-state index in [0.29, 0.717) is 47.9 Å². The van der Waals surface area contributed by atoms with Crippen molar-refractivity contribution in [2.75, 3.05) is 0 Å². The topological polar surface area (TPSA) is 149 Å². The van der Waals surface area contributed by atoms with Crippen LogP contribution in [0.3, 0.4) is 0 Å². The van der Waals surface area contributed by atoms with Crippen molar-refractivity contribution in [3.8, 4) is 23.0 Å². The zero-order chi connectivity index (χ0) is 49.0. The van der Waals surface area contributed by atoms with E-state index in [1.165, 1.54) is 0 Å². The Labute approximate surface area is 418 Å². The molecular formula is C56H80O8S4. The number of hydrogen-bond donors (Lipinski definition) is 4.